The molecule has 2 nitrogen and oxygen atoms in total. The van der Waals surface area contributed by atoms with Gasteiger partial charge in [0, 0.05) is 13.0 Å². The number of rotatable bonds is 7. The summed E-state index contributed by atoms with van der Waals surface area (Å²) in [6.07, 6.45) is 5.93. The molecule has 88 valence electrons. The Kier molecular flexibility index (Phi) is 4.78. The highest BCUT2D eigenvalue weighted by Crippen LogP contribution is 2.41. The van der Waals surface area contributed by atoms with Crippen LogP contribution < -0.4 is 5.32 Å². The molecule has 0 aromatic heterocycles. The zero-order chi connectivity index (χ0) is 11.3. The highest BCUT2D eigenvalue weighted by molar-refractivity contribution is 5.75. The summed E-state index contributed by atoms with van der Waals surface area (Å²) in [7, 11) is 0. The van der Waals surface area contributed by atoms with Crippen molar-refractivity contribution in [2.75, 3.05) is 13.1 Å². The molecular weight excluding hydrogens is 186 g/mol. The van der Waals surface area contributed by atoms with Crippen LogP contribution in [0, 0.1) is 11.3 Å². The van der Waals surface area contributed by atoms with Crippen molar-refractivity contribution >= 4 is 5.78 Å². The summed E-state index contributed by atoms with van der Waals surface area (Å²) in [5, 5.41) is 3.48. The summed E-state index contributed by atoms with van der Waals surface area (Å²) < 4.78 is 0. The fourth-order valence-corrected chi connectivity index (χ4v) is 2.21. The molecule has 0 spiro atoms. The number of nitrogens with one attached hydrogen (secondary N) is 1. The van der Waals surface area contributed by atoms with E-state index in [0.717, 1.165) is 31.8 Å². The van der Waals surface area contributed by atoms with Crippen LogP contribution in [0.5, 0.6) is 0 Å². The molecule has 1 N–H and O–H groups in total. The van der Waals surface area contributed by atoms with Gasteiger partial charge in [-0.15, -0.1) is 0 Å². The van der Waals surface area contributed by atoms with Crippen LogP contribution in [-0.2, 0) is 4.79 Å². The molecule has 0 atom stereocenters. The summed E-state index contributed by atoms with van der Waals surface area (Å²) in [6, 6.07) is 0. The Labute approximate surface area is 93.8 Å². The number of hydrogen-bond donors (Lipinski definition) is 1. The SMILES string of the molecule is CC(=O)CCCNCC(C)(C)C1CCC1. The Morgan fingerprint density at radius 3 is 2.53 bits per heavy atom. The normalized spacial score (nSPS) is 17.5. The predicted octanol–water partition coefficient (Wildman–Crippen LogP) is 2.77. The summed E-state index contributed by atoms with van der Waals surface area (Å²) in [6.45, 7) is 8.45. The Hall–Kier alpha value is -0.370. The van der Waals surface area contributed by atoms with Gasteiger partial charge in [-0.3, -0.25) is 0 Å². The highest BCUT2D eigenvalue weighted by atomic mass is 16.1. The first-order valence-corrected chi connectivity index (χ1v) is 6.22. The third kappa shape index (κ3) is 4.33. The van der Waals surface area contributed by atoms with Gasteiger partial charge in [0.25, 0.3) is 0 Å². The van der Waals surface area contributed by atoms with Crippen molar-refractivity contribution in [1.29, 1.82) is 0 Å². The fraction of sp³-hybridized carbons (Fsp3) is 0.923. The average molecular weight is 211 g/mol. The maximum Gasteiger partial charge on any atom is 0.129 e. The molecule has 1 fully saturated rings. The minimum atomic E-state index is 0.301. The second-order valence-electron chi connectivity index (χ2n) is 5.60. The largest absolute Gasteiger partial charge is 0.316 e. The lowest BCUT2D eigenvalue weighted by Gasteiger charge is -2.40. The van der Waals surface area contributed by atoms with Gasteiger partial charge in [-0.2, -0.15) is 0 Å². The molecule has 0 bridgehead atoms. The van der Waals surface area contributed by atoms with Gasteiger partial charge in [0.2, 0.25) is 0 Å². The van der Waals surface area contributed by atoms with E-state index in [2.05, 4.69) is 19.2 Å². The van der Waals surface area contributed by atoms with E-state index in [1.807, 2.05) is 0 Å². The summed E-state index contributed by atoms with van der Waals surface area (Å²) in [5.74, 6) is 1.22. The van der Waals surface area contributed by atoms with Crippen molar-refractivity contribution in [3.63, 3.8) is 0 Å². The lowest BCUT2D eigenvalue weighted by atomic mass is 9.67. The molecule has 0 heterocycles. The first-order chi connectivity index (χ1) is 7.02. The average Bonchev–Trinajstić information content (AvgIpc) is 1.98. The van der Waals surface area contributed by atoms with Gasteiger partial charge in [-0.25, -0.2) is 0 Å². The third-order valence-electron chi connectivity index (χ3n) is 3.67. The number of ketones is 1. The molecule has 1 rings (SSSR count). The van der Waals surface area contributed by atoms with Crippen LogP contribution in [0.15, 0.2) is 0 Å². The smallest absolute Gasteiger partial charge is 0.129 e. The topological polar surface area (TPSA) is 29.1 Å². The maximum absolute atomic E-state index is 10.7. The van der Waals surface area contributed by atoms with Crippen molar-refractivity contribution in [3.05, 3.63) is 0 Å². The minimum absolute atomic E-state index is 0.301. The first-order valence-electron chi connectivity index (χ1n) is 6.22. The van der Waals surface area contributed by atoms with Gasteiger partial charge < -0.3 is 10.1 Å². The lowest BCUT2D eigenvalue weighted by Crippen LogP contribution is -2.39. The molecule has 0 radical (unpaired) electrons. The zero-order valence-electron chi connectivity index (χ0n) is 10.4. The highest BCUT2D eigenvalue weighted by Gasteiger charge is 2.33. The zero-order valence-corrected chi connectivity index (χ0v) is 10.4. The van der Waals surface area contributed by atoms with E-state index in [4.69, 9.17) is 0 Å². The van der Waals surface area contributed by atoms with E-state index in [0.29, 0.717) is 11.2 Å². The van der Waals surface area contributed by atoms with Gasteiger partial charge in [-0.1, -0.05) is 20.3 Å². The van der Waals surface area contributed by atoms with Crippen molar-refractivity contribution in [2.24, 2.45) is 11.3 Å². The van der Waals surface area contributed by atoms with Gasteiger partial charge in [0.15, 0.2) is 0 Å². The first kappa shape index (κ1) is 12.7. The van der Waals surface area contributed by atoms with Crippen LogP contribution in [0.3, 0.4) is 0 Å². The van der Waals surface area contributed by atoms with Crippen LogP contribution in [0.2, 0.25) is 0 Å². The van der Waals surface area contributed by atoms with E-state index < -0.39 is 0 Å². The quantitative estimate of drug-likeness (QED) is 0.656. The monoisotopic (exact) mass is 211 g/mol. The predicted molar refractivity (Wildman–Crippen MR) is 63.9 cm³/mol. The standard InChI is InChI=1S/C13H25NO/c1-11(15)6-5-9-14-10-13(2,3)12-7-4-8-12/h12,14H,4-10H2,1-3H3. The molecule has 0 aromatic carbocycles. The van der Waals surface area contributed by atoms with E-state index in [9.17, 15) is 4.79 Å². The summed E-state index contributed by atoms with van der Waals surface area (Å²) >= 11 is 0. The van der Waals surface area contributed by atoms with Crippen molar-refractivity contribution in [3.8, 4) is 0 Å². The molecule has 1 aliphatic carbocycles. The van der Waals surface area contributed by atoms with E-state index >= 15 is 0 Å². The summed E-state index contributed by atoms with van der Waals surface area (Å²) in [4.78, 5) is 10.7. The molecule has 2 heteroatoms. The minimum Gasteiger partial charge on any atom is -0.316 e. The molecule has 0 aromatic rings. The van der Waals surface area contributed by atoms with Gasteiger partial charge in [0.1, 0.15) is 5.78 Å². The van der Waals surface area contributed by atoms with E-state index in [1.165, 1.54) is 19.3 Å². The van der Waals surface area contributed by atoms with Crippen LogP contribution in [0.4, 0.5) is 0 Å². The number of carbonyl (C=O) groups excluding carboxylic acids is 1. The van der Waals surface area contributed by atoms with E-state index in [1.54, 1.807) is 6.92 Å². The van der Waals surface area contributed by atoms with Crippen molar-refractivity contribution in [1.82, 2.24) is 5.32 Å². The van der Waals surface area contributed by atoms with Crippen LogP contribution in [-0.4, -0.2) is 18.9 Å². The molecular formula is C13H25NO. The molecule has 0 unspecified atom stereocenters. The van der Waals surface area contributed by atoms with Gasteiger partial charge in [0.05, 0.1) is 0 Å². The fourth-order valence-electron chi connectivity index (χ4n) is 2.21. The molecule has 1 aliphatic rings. The summed E-state index contributed by atoms with van der Waals surface area (Å²) in [5.41, 5.74) is 0.439. The van der Waals surface area contributed by atoms with Gasteiger partial charge >= 0.3 is 0 Å². The lowest BCUT2D eigenvalue weighted by molar-refractivity contribution is -0.117. The Morgan fingerprint density at radius 2 is 2.07 bits per heavy atom. The van der Waals surface area contributed by atoms with Crippen LogP contribution in [0.25, 0.3) is 0 Å². The molecule has 15 heavy (non-hydrogen) atoms. The van der Waals surface area contributed by atoms with Crippen LogP contribution >= 0.6 is 0 Å². The second-order valence-corrected chi connectivity index (χ2v) is 5.60. The maximum atomic E-state index is 10.7. The van der Waals surface area contributed by atoms with Crippen molar-refractivity contribution < 1.29 is 4.79 Å². The molecule has 0 amide bonds. The van der Waals surface area contributed by atoms with Gasteiger partial charge in [-0.05, 0) is 44.1 Å². The van der Waals surface area contributed by atoms with E-state index in [-0.39, 0.29) is 0 Å². The number of Topliss-reactive ketones (excluding diaryl/α,β-unsaturated/α-hetero) is 1. The Morgan fingerprint density at radius 1 is 1.40 bits per heavy atom. The van der Waals surface area contributed by atoms with Crippen LogP contribution in [0.1, 0.15) is 52.9 Å². The Balaban J connectivity index is 2.05. The molecule has 1 saturated carbocycles. The third-order valence-corrected chi connectivity index (χ3v) is 3.67. The molecule has 0 aliphatic heterocycles. The number of hydrogen-bond acceptors (Lipinski definition) is 2. The Bertz CT molecular complexity index is 207. The number of carbonyl (C=O) groups is 1. The van der Waals surface area contributed by atoms with Crippen molar-refractivity contribution in [2.45, 2.75) is 52.9 Å². The second kappa shape index (κ2) is 5.64. The molecule has 0 saturated heterocycles.